The Bertz CT molecular complexity index is 424. The summed E-state index contributed by atoms with van der Waals surface area (Å²) < 4.78 is 6.28. The molecule has 0 aliphatic heterocycles. The summed E-state index contributed by atoms with van der Waals surface area (Å²) in [6.07, 6.45) is 0. The Labute approximate surface area is 121 Å². The van der Waals surface area contributed by atoms with Crippen LogP contribution in [-0.2, 0) is 14.3 Å². The molecule has 106 valence electrons. The maximum atomic E-state index is 11.7. The van der Waals surface area contributed by atoms with E-state index in [-0.39, 0.29) is 5.91 Å². The van der Waals surface area contributed by atoms with Crippen molar-refractivity contribution in [2.24, 2.45) is 0 Å². The number of hydrogen-bond acceptors (Lipinski definition) is 5. The summed E-state index contributed by atoms with van der Waals surface area (Å²) in [5, 5.41) is 4.60. The minimum absolute atomic E-state index is 0.170. The molecule has 0 spiro atoms. The highest BCUT2D eigenvalue weighted by Crippen LogP contribution is 2.22. The summed E-state index contributed by atoms with van der Waals surface area (Å²) in [5.74, 6) is -0.285. The Hall–Kier alpha value is -1.01. The van der Waals surface area contributed by atoms with E-state index in [2.05, 4.69) is 5.32 Å². The van der Waals surface area contributed by atoms with Crippen molar-refractivity contribution in [2.45, 2.75) is 43.5 Å². The first-order chi connectivity index (χ1) is 8.78. The predicted molar refractivity (Wildman–Crippen MR) is 78.5 cm³/mol. The Morgan fingerprint density at radius 2 is 2.16 bits per heavy atom. The van der Waals surface area contributed by atoms with Crippen molar-refractivity contribution in [1.29, 1.82) is 0 Å². The van der Waals surface area contributed by atoms with Crippen molar-refractivity contribution in [3.05, 3.63) is 17.5 Å². The molecule has 0 radical (unpaired) electrons. The van der Waals surface area contributed by atoms with Gasteiger partial charge in [-0.25, -0.2) is 4.79 Å². The lowest BCUT2D eigenvalue weighted by molar-refractivity contribution is -0.157. The number of carbonyl (C=O) groups excluding carboxylic acids is 2. The molecule has 0 aliphatic carbocycles. The second kappa shape index (κ2) is 6.96. The molecule has 0 aliphatic rings. The standard InChI is InChI=1S/C13H19NO3S2/c1-9(12(16)17-13(2,3)4)14-10(15)8-19-11-6-5-7-18-11/h5-7,9H,8H2,1-4H3,(H,14,15)/t9-/m0/s1. The van der Waals surface area contributed by atoms with Crippen LogP contribution in [0.25, 0.3) is 0 Å². The largest absolute Gasteiger partial charge is 0.458 e. The van der Waals surface area contributed by atoms with Gasteiger partial charge < -0.3 is 10.1 Å². The lowest BCUT2D eigenvalue weighted by atomic mass is 10.2. The van der Waals surface area contributed by atoms with Crippen LogP contribution >= 0.6 is 23.1 Å². The first-order valence-corrected chi connectivity index (χ1v) is 7.83. The van der Waals surface area contributed by atoms with Gasteiger partial charge in [0.1, 0.15) is 11.6 Å². The van der Waals surface area contributed by atoms with E-state index in [4.69, 9.17) is 4.74 Å². The van der Waals surface area contributed by atoms with Crippen molar-refractivity contribution in [1.82, 2.24) is 5.32 Å². The Balaban J connectivity index is 2.33. The number of esters is 1. The molecule has 1 rings (SSSR count). The average molecular weight is 301 g/mol. The summed E-state index contributed by atoms with van der Waals surface area (Å²) in [7, 11) is 0. The van der Waals surface area contributed by atoms with Crippen molar-refractivity contribution >= 4 is 35.0 Å². The smallest absolute Gasteiger partial charge is 0.328 e. The summed E-state index contributed by atoms with van der Waals surface area (Å²) in [4.78, 5) is 23.4. The molecule has 1 atom stereocenters. The molecule has 1 N–H and O–H groups in total. The second-order valence-electron chi connectivity index (χ2n) is 5.04. The first-order valence-electron chi connectivity index (χ1n) is 5.96. The van der Waals surface area contributed by atoms with Gasteiger partial charge in [-0.1, -0.05) is 6.07 Å². The van der Waals surface area contributed by atoms with Crippen LogP contribution in [0.1, 0.15) is 27.7 Å². The minimum atomic E-state index is -0.629. The van der Waals surface area contributed by atoms with E-state index in [1.165, 1.54) is 11.8 Å². The van der Waals surface area contributed by atoms with E-state index in [9.17, 15) is 9.59 Å². The third kappa shape index (κ3) is 6.63. The van der Waals surface area contributed by atoms with Crippen LogP contribution < -0.4 is 5.32 Å². The zero-order chi connectivity index (χ0) is 14.5. The van der Waals surface area contributed by atoms with Crippen LogP contribution in [0.15, 0.2) is 21.7 Å². The van der Waals surface area contributed by atoms with Crippen LogP contribution in [0.5, 0.6) is 0 Å². The Morgan fingerprint density at radius 3 is 2.68 bits per heavy atom. The monoisotopic (exact) mass is 301 g/mol. The van der Waals surface area contributed by atoms with Gasteiger partial charge in [-0.05, 0) is 39.1 Å². The molecular formula is C13H19NO3S2. The van der Waals surface area contributed by atoms with Crippen LogP contribution in [0.4, 0.5) is 0 Å². The zero-order valence-electron chi connectivity index (χ0n) is 11.6. The lowest BCUT2D eigenvalue weighted by Crippen LogP contribution is -2.42. The number of thiophene rings is 1. The van der Waals surface area contributed by atoms with Crippen molar-refractivity contribution < 1.29 is 14.3 Å². The number of thioether (sulfide) groups is 1. The SMILES string of the molecule is C[C@H](NC(=O)CSc1cccs1)C(=O)OC(C)(C)C. The molecule has 0 bridgehead atoms. The first kappa shape index (κ1) is 16.0. The fourth-order valence-electron chi connectivity index (χ4n) is 1.21. The summed E-state index contributed by atoms with van der Waals surface area (Å²) >= 11 is 3.05. The molecule has 0 saturated heterocycles. The van der Waals surface area contributed by atoms with E-state index < -0.39 is 17.6 Å². The third-order valence-electron chi connectivity index (χ3n) is 1.98. The maximum absolute atomic E-state index is 11.7. The highest BCUT2D eigenvalue weighted by atomic mass is 32.2. The number of rotatable bonds is 5. The van der Waals surface area contributed by atoms with E-state index in [0.29, 0.717) is 5.75 Å². The Kier molecular flexibility index (Phi) is 5.87. The quantitative estimate of drug-likeness (QED) is 0.671. The molecule has 0 fully saturated rings. The molecule has 0 unspecified atom stereocenters. The minimum Gasteiger partial charge on any atom is -0.458 e. The fourth-order valence-corrected chi connectivity index (χ4v) is 2.81. The van der Waals surface area contributed by atoms with Crippen LogP contribution in [0.2, 0.25) is 0 Å². The molecule has 0 saturated carbocycles. The zero-order valence-corrected chi connectivity index (χ0v) is 13.2. The number of nitrogens with one attached hydrogen (secondary N) is 1. The van der Waals surface area contributed by atoms with Gasteiger partial charge in [0.2, 0.25) is 5.91 Å². The van der Waals surface area contributed by atoms with Gasteiger partial charge in [0.25, 0.3) is 0 Å². The molecule has 1 aromatic rings. The molecular weight excluding hydrogens is 282 g/mol. The molecule has 19 heavy (non-hydrogen) atoms. The van der Waals surface area contributed by atoms with Crippen molar-refractivity contribution in [3.63, 3.8) is 0 Å². The van der Waals surface area contributed by atoms with Crippen LogP contribution in [-0.4, -0.2) is 29.3 Å². The Morgan fingerprint density at radius 1 is 1.47 bits per heavy atom. The molecule has 1 amide bonds. The second-order valence-corrected chi connectivity index (χ2v) is 7.27. The lowest BCUT2D eigenvalue weighted by Gasteiger charge is -2.22. The van der Waals surface area contributed by atoms with E-state index in [0.717, 1.165) is 4.21 Å². The van der Waals surface area contributed by atoms with Gasteiger partial charge in [-0.15, -0.1) is 23.1 Å². The number of ether oxygens (including phenoxy) is 1. The van der Waals surface area contributed by atoms with Crippen LogP contribution in [0, 0.1) is 0 Å². The van der Waals surface area contributed by atoms with Gasteiger partial charge in [0.05, 0.1) is 9.96 Å². The molecule has 6 heteroatoms. The molecule has 1 heterocycles. The normalized spacial score (nSPS) is 12.8. The number of carbonyl (C=O) groups is 2. The van der Waals surface area contributed by atoms with Crippen molar-refractivity contribution in [3.8, 4) is 0 Å². The average Bonchev–Trinajstić information content (AvgIpc) is 2.76. The molecule has 4 nitrogen and oxygen atoms in total. The number of amides is 1. The van der Waals surface area contributed by atoms with Crippen molar-refractivity contribution in [2.75, 3.05) is 5.75 Å². The van der Waals surface area contributed by atoms with Gasteiger partial charge in [-0.3, -0.25) is 4.79 Å². The van der Waals surface area contributed by atoms with Crippen LogP contribution in [0.3, 0.4) is 0 Å². The topological polar surface area (TPSA) is 55.4 Å². The summed E-state index contributed by atoms with van der Waals surface area (Å²) in [6, 6.07) is 3.27. The fraction of sp³-hybridized carbons (Fsp3) is 0.538. The van der Waals surface area contributed by atoms with Gasteiger partial charge in [-0.2, -0.15) is 0 Å². The highest BCUT2D eigenvalue weighted by Gasteiger charge is 2.22. The molecule has 1 aromatic heterocycles. The predicted octanol–water partition coefficient (Wildman–Crippen LogP) is 2.69. The maximum Gasteiger partial charge on any atom is 0.328 e. The molecule has 0 aromatic carbocycles. The van der Waals surface area contributed by atoms with Gasteiger partial charge in [0, 0.05) is 0 Å². The van der Waals surface area contributed by atoms with E-state index in [1.807, 2.05) is 17.5 Å². The third-order valence-corrected chi connectivity index (χ3v) is 4.11. The summed E-state index contributed by atoms with van der Waals surface area (Å²) in [5.41, 5.74) is -0.540. The summed E-state index contributed by atoms with van der Waals surface area (Å²) in [6.45, 7) is 7.02. The van der Waals surface area contributed by atoms with E-state index >= 15 is 0 Å². The number of hydrogen-bond donors (Lipinski definition) is 1. The van der Waals surface area contributed by atoms with Gasteiger partial charge in [0.15, 0.2) is 0 Å². The van der Waals surface area contributed by atoms with Gasteiger partial charge >= 0.3 is 5.97 Å². The van der Waals surface area contributed by atoms with E-state index in [1.54, 1.807) is 39.0 Å². The highest BCUT2D eigenvalue weighted by molar-refractivity contribution is 8.01.